The minimum atomic E-state index is 0.674. The zero-order valence-electron chi connectivity index (χ0n) is 12.2. The SMILES string of the molecule is CCOc1ccc(C=Nc2nc3ccccc3n2C)cc1. The maximum Gasteiger partial charge on any atom is 0.230 e. The number of aryl methyl sites for hydroxylation is 1. The molecular formula is C17H17N3O. The minimum absolute atomic E-state index is 0.674. The molecule has 0 bridgehead atoms. The van der Waals surface area contributed by atoms with Crippen LogP contribution in [-0.2, 0) is 7.05 Å². The number of hydrogen-bond donors (Lipinski definition) is 0. The maximum atomic E-state index is 5.42. The predicted octanol–water partition coefficient (Wildman–Crippen LogP) is 3.72. The summed E-state index contributed by atoms with van der Waals surface area (Å²) in [5.74, 6) is 1.57. The van der Waals surface area contributed by atoms with Gasteiger partial charge in [0.15, 0.2) is 0 Å². The molecule has 1 heterocycles. The average molecular weight is 279 g/mol. The first-order chi connectivity index (χ1) is 10.3. The number of rotatable bonds is 4. The third-order valence-corrected chi connectivity index (χ3v) is 3.28. The molecule has 0 fully saturated rings. The van der Waals surface area contributed by atoms with Gasteiger partial charge in [-0.3, -0.25) is 0 Å². The third kappa shape index (κ3) is 2.79. The van der Waals surface area contributed by atoms with Crippen LogP contribution in [0.2, 0.25) is 0 Å². The molecule has 0 spiro atoms. The summed E-state index contributed by atoms with van der Waals surface area (Å²) in [6.07, 6.45) is 1.82. The normalized spacial score (nSPS) is 11.3. The highest BCUT2D eigenvalue weighted by Crippen LogP contribution is 2.19. The van der Waals surface area contributed by atoms with Crippen LogP contribution < -0.4 is 4.74 Å². The first-order valence-corrected chi connectivity index (χ1v) is 6.96. The fourth-order valence-electron chi connectivity index (χ4n) is 2.20. The lowest BCUT2D eigenvalue weighted by Crippen LogP contribution is -1.91. The van der Waals surface area contributed by atoms with Crippen molar-refractivity contribution < 1.29 is 4.74 Å². The second-order valence-corrected chi connectivity index (χ2v) is 4.72. The fraction of sp³-hybridized carbons (Fsp3) is 0.176. The highest BCUT2D eigenvalue weighted by Gasteiger charge is 2.04. The summed E-state index contributed by atoms with van der Waals surface area (Å²) in [7, 11) is 1.97. The Morgan fingerprint density at radius 1 is 1.14 bits per heavy atom. The highest BCUT2D eigenvalue weighted by molar-refractivity contribution is 5.83. The Bertz CT molecular complexity index is 772. The molecule has 0 radical (unpaired) electrons. The van der Waals surface area contributed by atoms with E-state index >= 15 is 0 Å². The summed E-state index contributed by atoms with van der Waals surface area (Å²) < 4.78 is 7.41. The lowest BCUT2D eigenvalue weighted by Gasteiger charge is -2.02. The third-order valence-electron chi connectivity index (χ3n) is 3.28. The van der Waals surface area contributed by atoms with E-state index in [4.69, 9.17) is 4.74 Å². The number of aromatic nitrogens is 2. The zero-order valence-corrected chi connectivity index (χ0v) is 12.2. The van der Waals surface area contributed by atoms with Gasteiger partial charge < -0.3 is 9.30 Å². The summed E-state index contributed by atoms with van der Waals surface area (Å²) in [6, 6.07) is 15.9. The highest BCUT2D eigenvalue weighted by atomic mass is 16.5. The molecule has 3 aromatic rings. The van der Waals surface area contributed by atoms with E-state index in [1.165, 1.54) is 0 Å². The number of imidazole rings is 1. The molecule has 0 aliphatic rings. The van der Waals surface area contributed by atoms with Crippen LogP contribution in [0.25, 0.3) is 11.0 Å². The van der Waals surface area contributed by atoms with E-state index < -0.39 is 0 Å². The Morgan fingerprint density at radius 3 is 2.62 bits per heavy atom. The second kappa shape index (κ2) is 5.79. The first-order valence-electron chi connectivity index (χ1n) is 6.96. The van der Waals surface area contributed by atoms with Crippen LogP contribution in [0.5, 0.6) is 5.75 Å². The number of fused-ring (bicyclic) bond motifs is 1. The second-order valence-electron chi connectivity index (χ2n) is 4.72. The molecule has 0 unspecified atom stereocenters. The molecule has 0 saturated heterocycles. The van der Waals surface area contributed by atoms with Gasteiger partial charge in [0.05, 0.1) is 17.6 Å². The van der Waals surface area contributed by atoms with Gasteiger partial charge in [-0.15, -0.1) is 0 Å². The van der Waals surface area contributed by atoms with Crippen LogP contribution in [0.15, 0.2) is 53.5 Å². The molecule has 3 rings (SSSR count). The van der Waals surface area contributed by atoms with Crippen molar-refractivity contribution >= 4 is 23.2 Å². The summed E-state index contributed by atoms with van der Waals surface area (Å²) in [5.41, 5.74) is 3.06. The minimum Gasteiger partial charge on any atom is -0.494 e. The summed E-state index contributed by atoms with van der Waals surface area (Å²) >= 11 is 0. The average Bonchev–Trinajstić information content (AvgIpc) is 2.84. The van der Waals surface area contributed by atoms with E-state index in [0.717, 1.165) is 22.3 Å². The van der Waals surface area contributed by atoms with E-state index in [9.17, 15) is 0 Å². The predicted molar refractivity (Wildman–Crippen MR) is 85.6 cm³/mol. The van der Waals surface area contributed by atoms with Crippen molar-refractivity contribution in [1.82, 2.24) is 9.55 Å². The van der Waals surface area contributed by atoms with Gasteiger partial charge in [-0.05, 0) is 48.9 Å². The van der Waals surface area contributed by atoms with Crippen molar-refractivity contribution in [2.45, 2.75) is 6.92 Å². The molecule has 2 aromatic carbocycles. The summed E-state index contributed by atoms with van der Waals surface area (Å²) in [6.45, 7) is 2.65. The van der Waals surface area contributed by atoms with Crippen molar-refractivity contribution in [2.75, 3.05) is 6.61 Å². The largest absolute Gasteiger partial charge is 0.494 e. The molecule has 0 aliphatic carbocycles. The van der Waals surface area contributed by atoms with Crippen molar-refractivity contribution in [3.05, 3.63) is 54.1 Å². The van der Waals surface area contributed by atoms with E-state index in [1.54, 1.807) is 0 Å². The van der Waals surface area contributed by atoms with Crippen molar-refractivity contribution in [2.24, 2.45) is 12.0 Å². The molecular weight excluding hydrogens is 262 g/mol. The number of ether oxygens (including phenoxy) is 1. The van der Waals surface area contributed by atoms with Gasteiger partial charge in [0.25, 0.3) is 0 Å². The van der Waals surface area contributed by atoms with Gasteiger partial charge in [0, 0.05) is 13.3 Å². The smallest absolute Gasteiger partial charge is 0.230 e. The number of nitrogens with zero attached hydrogens (tertiary/aromatic N) is 3. The van der Waals surface area contributed by atoms with Gasteiger partial charge in [0.1, 0.15) is 5.75 Å². The van der Waals surface area contributed by atoms with E-state index in [2.05, 4.69) is 9.98 Å². The number of para-hydroxylation sites is 2. The molecule has 0 atom stereocenters. The van der Waals surface area contributed by atoms with Crippen LogP contribution in [0.4, 0.5) is 5.95 Å². The van der Waals surface area contributed by atoms with Crippen LogP contribution >= 0.6 is 0 Å². The van der Waals surface area contributed by atoms with Crippen LogP contribution in [0, 0.1) is 0 Å². The maximum absolute atomic E-state index is 5.42. The molecule has 4 nitrogen and oxygen atoms in total. The Labute approximate surface area is 123 Å². The Morgan fingerprint density at radius 2 is 1.90 bits per heavy atom. The van der Waals surface area contributed by atoms with Crippen molar-refractivity contribution in [3.8, 4) is 5.75 Å². The van der Waals surface area contributed by atoms with Gasteiger partial charge in [0.2, 0.25) is 5.95 Å². The molecule has 106 valence electrons. The zero-order chi connectivity index (χ0) is 14.7. The van der Waals surface area contributed by atoms with E-state index in [1.807, 2.05) is 73.3 Å². The number of benzene rings is 2. The monoisotopic (exact) mass is 279 g/mol. The molecule has 1 aromatic heterocycles. The summed E-state index contributed by atoms with van der Waals surface area (Å²) in [4.78, 5) is 8.99. The van der Waals surface area contributed by atoms with Gasteiger partial charge in [-0.2, -0.15) is 0 Å². The topological polar surface area (TPSA) is 39.4 Å². The van der Waals surface area contributed by atoms with Gasteiger partial charge >= 0.3 is 0 Å². The molecule has 4 heteroatoms. The van der Waals surface area contributed by atoms with Crippen LogP contribution in [0.3, 0.4) is 0 Å². The Kier molecular flexibility index (Phi) is 3.69. The van der Waals surface area contributed by atoms with Crippen molar-refractivity contribution in [1.29, 1.82) is 0 Å². The van der Waals surface area contributed by atoms with E-state index in [-0.39, 0.29) is 0 Å². The van der Waals surface area contributed by atoms with E-state index in [0.29, 0.717) is 12.6 Å². The Hall–Kier alpha value is -2.62. The molecule has 0 N–H and O–H groups in total. The van der Waals surface area contributed by atoms with Crippen LogP contribution in [-0.4, -0.2) is 22.4 Å². The fourth-order valence-corrected chi connectivity index (χ4v) is 2.20. The quantitative estimate of drug-likeness (QED) is 0.683. The lowest BCUT2D eigenvalue weighted by molar-refractivity contribution is 0.340. The molecule has 0 aliphatic heterocycles. The molecule has 0 amide bonds. The number of hydrogen-bond acceptors (Lipinski definition) is 3. The molecule has 21 heavy (non-hydrogen) atoms. The lowest BCUT2D eigenvalue weighted by atomic mass is 10.2. The van der Waals surface area contributed by atoms with Gasteiger partial charge in [-0.25, -0.2) is 9.98 Å². The first kappa shape index (κ1) is 13.4. The number of aliphatic imine (C=N–C) groups is 1. The standard InChI is InChI=1S/C17H17N3O/c1-3-21-14-10-8-13(9-11-14)12-18-17-19-15-6-4-5-7-16(15)20(17)2/h4-12H,3H2,1-2H3. The Balaban J connectivity index is 1.85. The summed E-state index contributed by atoms with van der Waals surface area (Å²) in [5, 5.41) is 0. The van der Waals surface area contributed by atoms with Crippen LogP contribution in [0.1, 0.15) is 12.5 Å². The van der Waals surface area contributed by atoms with Crippen molar-refractivity contribution in [3.63, 3.8) is 0 Å². The van der Waals surface area contributed by atoms with Gasteiger partial charge in [-0.1, -0.05) is 12.1 Å². The molecule has 0 saturated carbocycles.